The van der Waals surface area contributed by atoms with Gasteiger partial charge < -0.3 is 10.2 Å². The average molecular weight is 281 g/mol. The number of rotatable bonds is 3. The highest BCUT2D eigenvalue weighted by atomic mass is 35.5. The van der Waals surface area contributed by atoms with Crippen molar-refractivity contribution in [3.8, 4) is 0 Å². The number of hydrogen-bond acceptors (Lipinski definition) is 2. The van der Waals surface area contributed by atoms with E-state index in [2.05, 4.69) is 5.32 Å². The molecule has 1 aromatic carbocycles. The maximum Gasteiger partial charge on any atom is 0.255 e. The number of carbonyl (C=O) groups excluding carboxylic acids is 1. The minimum atomic E-state index is 0.0609. The normalized spacial score (nSPS) is 19.5. The van der Waals surface area contributed by atoms with Gasteiger partial charge in [-0.3, -0.25) is 4.79 Å². The molecule has 3 nitrogen and oxygen atoms in total. The monoisotopic (exact) mass is 280 g/mol. The van der Waals surface area contributed by atoms with Crippen molar-refractivity contribution in [1.29, 1.82) is 0 Å². The van der Waals surface area contributed by atoms with E-state index in [4.69, 9.17) is 11.6 Å². The molecule has 1 N–H and O–H groups in total. The quantitative estimate of drug-likeness (QED) is 0.923. The summed E-state index contributed by atoms with van der Waals surface area (Å²) in [6.45, 7) is 4.60. The first-order valence-corrected chi connectivity index (χ1v) is 7.19. The van der Waals surface area contributed by atoms with Crippen LogP contribution in [-0.4, -0.2) is 37.5 Å². The zero-order valence-electron chi connectivity index (χ0n) is 11.6. The number of carbonyl (C=O) groups is 1. The van der Waals surface area contributed by atoms with Crippen LogP contribution in [-0.2, 0) is 0 Å². The molecule has 1 atom stereocenters. The fourth-order valence-corrected chi connectivity index (χ4v) is 2.98. The Bertz CT molecular complexity index is 459. The van der Waals surface area contributed by atoms with Gasteiger partial charge in [0.25, 0.3) is 5.91 Å². The number of amides is 1. The topological polar surface area (TPSA) is 32.3 Å². The number of nitrogens with one attached hydrogen (secondary N) is 1. The number of benzene rings is 1. The summed E-state index contributed by atoms with van der Waals surface area (Å²) < 4.78 is 0. The zero-order valence-corrected chi connectivity index (χ0v) is 12.3. The van der Waals surface area contributed by atoms with Gasteiger partial charge in [-0.2, -0.15) is 0 Å². The molecule has 2 rings (SSSR count). The van der Waals surface area contributed by atoms with Crippen LogP contribution in [0.3, 0.4) is 0 Å². The van der Waals surface area contributed by atoms with Gasteiger partial charge >= 0.3 is 0 Å². The Kier molecular flexibility index (Phi) is 4.83. The Hall–Kier alpha value is -1.06. The molecule has 1 fully saturated rings. The van der Waals surface area contributed by atoms with Gasteiger partial charge in [-0.1, -0.05) is 17.7 Å². The second kappa shape index (κ2) is 6.40. The summed E-state index contributed by atoms with van der Waals surface area (Å²) in [5.74, 6) is 0.609. The SMILES string of the molecule is CNCC1CCCN(C(=O)c2ccc(C)cc2Cl)C1. The average Bonchev–Trinajstić information content (AvgIpc) is 2.39. The lowest BCUT2D eigenvalue weighted by Gasteiger charge is -2.33. The Labute approximate surface area is 119 Å². The van der Waals surface area contributed by atoms with E-state index in [1.165, 1.54) is 6.42 Å². The molecule has 1 aliphatic rings. The Morgan fingerprint density at radius 1 is 1.53 bits per heavy atom. The van der Waals surface area contributed by atoms with Crippen molar-refractivity contribution < 1.29 is 4.79 Å². The van der Waals surface area contributed by atoms with Crippen LogP contribution in [0.15, 0.2) is 18.2 Å². The van der Waals surface area contributed by atoms with E-state index < -0.39 is 0 Å². The molecule has 1 saturated heterocycles. The number of likely N-dealkylation sites (tertiary alicyclic amines) is 1. The highest BCUT2D eigenvalue weighted by Gasteiger charge is 2.25. The number of piperidine rings is 1. The molecule has 19 heavy (non-hydrogen) atoms. The lowest BCUT2D eigenvalue weighted by molar-refractivity contribution is 0.0674. The van der Waals surface area contributed by atoms with E-state index in [9.17, 15) is 4.79 Å². The molecule has 1 heterocycles. The van der Waals surface area contributed by atoms with E-state index in [-0.39, 0.29) is 5.91 Å². The summed E-state index contributed by atoms with van der Waals surface area (Å²) in [5, 5.41) is 3.75. The summed E-state index contributed by atoms with van der Waals surface area (Å²) in [6, 6.07) is 5.62. The summed E-state index contributed by atoms with van der Waals surface area (Å²) in [6.07, 6.45) is 2.26. The van der Waals surface area contributed by atoms with Crippen molar-refractivity contribution >= 4 is 17.5 Å². The molecule has 104 valence electrons. The fraction of sp³-hybridized carbons (Fsp3) is 0.533. The number of aryl methyl sites for hydroxylation is 1. The number of nitrogens with zero attached hydrogens (tertiary/aromatic N) is 1. The Morgan fingerprint density at radius 3 is 3.00 bits per heavy atom. The molecule has 1 aliphatic heterocycles. The predicted octanol–water partition coefficient (Wildman–Crippen LogP) is 2.72. The third-order valence-corrected chi connectivity index (χ3v) is 3.97. The van der Waals surface area contributed by atoms with Gasteiger partial charge in [0.2, 0.25) is 0 Å². The second-order valence-corrected chi connectivity index (χ2v) is 5.71. The van der Waals surface area contributed by atoms with Crippen LogP contribution in [0.4, 0.5) is 0 Å². The van der Waals surface area contributed by atoms with Gasteiger partial charge in [-0.15, -0.1) is 0 Å². The number of halogens is 1. The largest absolute Gasteiger partial charge is 0.338 e. The van der Waals surface area contributed by atoms with E-state index in [1.807, 2.05) is 37.1 Å². The van der Waals surface area contributed by atoms with Gasteiger partial charge in [0.1, 0.15) is 0 Å². The first-order chi connectivity index (χ1) is 9.11. The molecule has 1 amide bonds. The molecular formula is C15H21ClN2O. The molecular weight excluding hydrogens is 260 g/mol. The molecule has 0 aliphatic carbocycles. The summed E-state index contributed by atoms with van der Waals surface area (Å²) in [5.41, 5.74) is 1.70. The standard InChI is InChI=1S/C15H21ClN2O/c1-11-5-6-13(14(16)8-11)15(19)18-7-3-4-12(10-18)9-17-2/h5-6,8,12,17H,3-4,7,9-10H2,1-2H3. The third kappa shape index (κ3) is 3.48. The van der Waals surface area contributed by atoms with Crippen LogP contribution in [0.25, 0.3) is 0 Å². The smallest absolute Gasteiger partial charge is 0.255 e. The highest BCUT2D eigenvalue weighted by molar-refractivity contribution is 6.33. The van der Waals surface area contributed by atoms with Crippen molar-refractivity contribution in [3.63, 3.8) is 0 Å². The molecule has 0 bridgehead atoms. The van der Waals surface area contributed by atoms with Crippen LogP contribution in [0, 0.1) is 12.8 Å². The van der Waals surface area contributed by atoms with E-state index >= 15 is 0 Å². The van der Waals surface area contributed by atoms with Crippen LogP contribution in [0.5, 0.6) is 0 Å². The van der Waals surface area contributed by atoms with Gasteiger partial charge in [0, 0.05) is 13.1 Å². The van der Waals surface area contributed by atoms with Crippen molar-refractivity contribution in [3.05, 3.63) is 34.3 Å². The molecule has 4 heteroatoms. The highest BCUT2D eigenvalue weighted by Crippen LogP contribution is 2.23. The lowest BCUT2D eigenvalue weighted by atomic mass is 9.97. The van der Waals surface area contributed by atoms with Crippen molar-refractivity contribution in [1.82, 2.24) is 10.2 Å². The Morgan fingerprint density at radius 2 is 2.32 bits per heavy atom. The van der Waals surface area contributed by atoms with E-state index in [0.717, 1.165) is 31.6 Å². The van der Waals surface area contributed by atoms with Crippen molar-refractivity contribution in [2.75, 3.05) is 26.7 Å². The van der Waals surface area contributed by atoms with Gasteiger partial charge in [0.15, 0.2) is 0 Å². The summed E-state index contributed by atoms with van der Waals surface area (Å²) >= 11 is 6.18. The predicted molar refractivity (Wildman–Crippen MR) is 78.7 cm³/mol. The minimum absolute atomic E-state index is 0.0609. The maximum atomic E-state index is 12.5. The number of hydrogen-bond donors (Lipinski definition) is 1. The molecule has 0 spiro atoms. The first-order valence-electron chi connectivity index (χ1n) is 6.82. The molecule has 0 saturated carbocycles. The van der Waals surface area contributed by atoms with Gasteiger partial charge in [-0.25, -0.2) is 0 Å². The lowest BCUT2D eigenvalue weighted by Crippen LogP contribution is -2.42. The van der Waals surface area contributed by atoms with E-state index in [0.29, 0.717) is 16.5 Å². The van der Waals surface area contributed by atoms with Crippen LogP contribution < -0.4 is 5.32 Å². The molecule has 0 aromatic heterocycles. The van der Waals surface area contributed by atoms with Gasteiger partial charge in [-0.05, 0) is 57.0 Å². The van der Waals surface area contributed by atoms with Gasteiger partial charge in [0.05, 0.1) is 10.6 Å². The molecule has 1 aromatic rings. The van der Waals surface area contributed by atoms with Crippen molar-refractivity contribution in [2.24, 2.45) is 5.92 Å². The fourth-order valence-electron chi connectivity index (χ4n) is 2.67. The van der Waals surface area contributed by atoms with Crippen LogP contribution in [0.1, 0.15) is 28.8 Å². The Balaban J connectivity index is 2.10. The third-order valence-electron chi connectivity index (χ3n) is 3.65. The molecule has 1 unspecified atom stereocenters. The van der Waals surface area contributed by atoms with E-state index in [1.54, 1.807) is 0 Å². The van der Waals surface area contributed by atoms with Crippen LogP contribution in [0.2, 0.25) is 5.02 Å². The van der Waals surface area contributed by atoms with Crippen molar-refractivity contribution in [2.45, 2.75) is 19.8 Å². The van der Waals surface area contributed by atoms with Crippen LogP contribution >= 0.6 is 11.6 Å². The minimum Gasteiger partial charge on any atom is -0.338 e. The molecule has 0 radical (unpaired) electrons. The maximum absolute atomic E-state index is 12.5. The summed E-state index contributed by atoms with van der Waals surface area (Å²) in [4.78, 5) is 14.4. The zero-order chi connectivity index (χ0) is 13.8. The first kappa shape index (κ1) is 14.4. The second-order valence-electron chi connectivity index (χ2n) is 5.30. The summed E-state index contributed by atoms with van der Waals surface area (Å²) in [7, 11) is 1.96.